The molecule has 1 aromatic rings. The maximum Gasteiger partial charge on any atom is 0.242 e. The Labute approximate surface area is 180 Å². The average Bonchev–Trinajstić information content (AvgIpc) is 2.67. The summed E-state index contributed by atoms with van der Waals surface area (Å²) in [7, 11) is -3.65. The topological polar surface area (TPSA) is 109 Å². The summed E-state index contributed by atoms with van der Waals surface area (Å²) in [5.74, 6) is -2.08. The number of phenols is 1. The summed E-state index contributed by atoms with van der Waals surface area (Å²) in [6.07, 6.45) is 11.0. The van der Waals surface area contributed by atoms with Crippen LogP contribution in [0.25, 0.3) is 0 Å². The number of aromatic hydroxyl groups is 1. The molecule has 1 amide bonds. The largest absolute Gasteiger partial charge is 0.506 e. The molecule has 1 aromatic carbocycles. The van der Waals surface area contributed by atoms with Gasteiger partial charge in [-0.2, -0.15) is 0 Å². The Hall–Kier alpha value is -1.83. The lowest BCUT2D eigenvalue weighted by molar-refractivity contribution is -0.115. The minimum atomic E-state index is -3.65. The Morgan fingerprint density at radius 1 is 1.03 bits per heavy atom. The second-order valence-corrected chi connectivity index (χ2v) is 10.1. The van der Waals surface area contributed by atoms with Gasteiger partial charge in [-0.1, -0.05) is 71.6 Å². The number of hydrogen-bond acceptors (Lipinski definition) is 5. The molecule has 1 rings (SSSR count). The highest BCUT2D eigenvalue weighted by molar-refractivity contribution is 7.92. The zero-order valence-corrected chi connectivity index (χ0v) is 19.1. The maximum absolute atomic E-state index is 13.9. The van der Waals surface area contributed by atoms with Crippen LogP contribution >= 0.6 is 0 Å². The molecule has 0 heterocycles. The van der Waals surface area contributed by atoms with Crippen LogP contribution in [0.4, 0.5) is 15.8 Å². The Bertz CT molecular complexity index is 769. The van der Waals surface area contributed by atoms with E-state index >= 15 is 0 Å². The number of nitrogens with two attached hydrogens (primary N) is 1. The van der Waals surface area contributed by atoms with Gasteiger partial charge in [-0.15, -0.1) is 0 Å². The molecule has 8 heteroatoms. The SMILES string of the molecule is CCCCCCCCCCCCS(=O)(=O)C(CC)C(=O)Nc1cc(O)c(N)cc1F. The molecule has 0 radical (unpaired) electrons. The zero-order chi connectivity index (χ0) is 22.6. The van der Waals surface area contributed by atoms with Gasteiger partial charge in [0.2, 0.25) is 5.91 Å². The van der Waals surface area contributed by atoms with Gasteiger partial charge >= 0.3 is 0 Å². The van der Waals surface area contributed by atoms with Crippen LogP contribution in [-0.2, 0) is 14.6 Å². The molecule has 30 heavy (non-hydrogen) atoms. The number of anilines is 2. The van der Waals surface area contributed by atoms with Crippen molar-refractivity contribution >= 4 is 27.1 Å². The number of carbonyl (C=O) groups is 1. The first-order chi connectivity index (χ1) is 14.2. The van der Waals surface area contributed by atoms with Gasteiger partial charge < -0.3 is 16.2 Å². The van der Waals surface area contributed by atoms with E-state index in [2.05, 4.69) is 12.2 Å². The fourth-order valence-electron chi connectivity index (χ4n) is 3.42. The predicted molar refractivity (Wildman–Crippen MR) is 121 cm³/mol. The van der Waals surface area contributed by atoms with Crippen molar-refractivity contribution in [1.82, 2.24) is 0 Å². The van der Waals surface area contributed by atoms with E-state index in [1.54, 1.807) is 6.92 Å². The lowest BCUT2D eigenvalue weighted by Gasteiger charge is -2.16. The van der Waals surface area contributed by atoms with Crippen LogP contribution in [0.3, 0.4) is 0 Å². The number of carbonyl (C=O) groups excluding carboxylic acids is 1. The molecule has 0 aromatic heterocycles. The van der Waals surface area contributed by atoms with Gasteiger partial charge in [0, 0.05) is 12.1 Å². The number of unbranched alkanes of at least 4 members (excludes halogenated alkanes) is 9. The summed E-state index contributed by atoms with van der Waals surface area (Å²) in [6, 6.07) is 1.86. The summed E-state index contributed by atoms with van der Waals surface area (Å²) in [5, 5.41) is 10.6. The first-order valence-corrected chi connectivity index (χ1v) is 12.7. The number of phenolic OH excluding ortho intramolecular Hbond substituents is 1. The van der Waals surface area contributed by atoms with E-state index in [-0.39, 0.29) is 29.3 Å². The number of sulfone groups is 1. The fourth-order valence-corrected chi connectivity index (χ4v) is 5.21. The van der Waals surface area contributed by atoms with Crippen LogP contribution in [0.1, 0.15) is 84.5 Å². The van der Waals surface area contributed by atoms with E-state index in [0.717, 1.165) is 31.4 Å². The number of hydrogen-bond donors (Lipinski definition) is 3. The van der Waals surface area contributed by atoms with Gasteiger partial charge in [0.15, 0.2) is 9.84 Å². The summed E-state index contributed by atoms with van der Waals surface area (Å²) >= 11 is 0. The van der Waals surface area contributed by atoms with Crippen molar-refractivity contribution in [2.45, 2.75) is 89.7 Å². The van der Waals surface area contributed by atoms with Gasteiger partial charge in [-0.25, -0.2) is 12.8 Å². The molecule has 0 bridgehead atoms. The first kappa shape index (κ1) is 26.2. The summed E-state index contributed by atoms with van der Waals surface area (Å²) in [6.45, 7) is 3.80. The van der Waals surface area contributed by atoms with Crippen molar-refractivity contribution in [1.29, 1.82) is 0 Å². The van der Waals surface area contributed by atoms with E-state index in [1.165, 1.54) is 38.5 Å². The third-order valence-corrected chi connectivity index (χ3v) is 7.53. The number of nitrogens with one attached hydrogen (secondary N) is 1. The standard InChI is InChI=1S/C22H37FN2O4S/c1-3-5-6-7-8-9-10-11-12-13-14-30(28,29)21(4-2)22(27)25-19-16-20(26)18(24)15-17(19)23/h15-16,21,26H,3-14,24H2,1-2H3,(H,25,27). The van der Waals surface area contributed by atoms with Gasteiger partial charge in [0.05, 0.1) is 17.1 Å². The zero-order valence-electron chi connectivity index (χ0n) is 18.3. The predicted octanol–water partition coefficient (Wildman–Crippen LogP) is 5.17. The van der Waals surface area contributed by atoms with Crippen molar-refractivity contribution in [3.63, 3.8) is 0 Å². The number of halogens is 1. The normalized spacial score (nSPS) is 12.6. The second kappa shape index (κ2) is 13.5. The molecule has 0 spiro atoms. The molecule has 0 aliphatic carbocycles. The van der Waals surface area contributed by atoms with Crippen LogP contribution in [0.2, 0.25) is 0 Å². The molecule has 0 aliphatic rings. The maximum atomic E-state index is 13.9. The minimum absolute atomic E-state index is 0.0646. The van der Waals surface area contributed by atoms with Crippen molar-refractivity contribution in [3.05, 3.63) is 17.9 Å². The molecule has 172 valence electrons. The Kier molecular flexibility index (Phi) is 11.8. The van der Waals surface area contributed by atoms with Gasteiger partial charge in [-0.3, -0.25) is 4.79 Å². The minimum Gasteiger partial charge on any atom is -0.506 e. The number of nitrogen functional groups attached to an aromatic ring is 1. The highest BCUT2D eigenvalue weighted by Gasteiger charge is 2.31. The molecule has 0 aliphatic heterocycles. The molecule has 0 saturated heterocycles. The Morgan fingerprint density at radius 3 is 2.10 bits per heavy atom. The molecule has 0 saturated carbocycles. The van der Waals surface area contributed by atoms with Gasteiger partial charge in [0.25, 0.3) is 0 Å². The lowest BCUT2D eigenvalue weighted by Crippen LogP contribution is -2.36. The lowest BCUT2D eigenvalue weighted by atomic mass is 10.1. The first-order valence-electron chi connectivity index (χ1n) is 11.0. The van der Waals surface area contributed by atoms with Gasteiger partial charge in [-0.05, 0) is 12.8 Å². The van der Waals surface area contributed by atoms with Crippen molar-refractivity contribution in [2.75, 3.05) is 16.8 Å². The highest BCUT2D eigenvalue weighted by atomic mass is 32.2. The van der Waals surface area contributed by atoms with Crippen LogP contribution in [0, 0.1) is 5.82 Å². The van der Waals surface area contributed by atoms with E-state index < -0.39 is 26.8 Å². The molecule has 6 nitrogen and oxygen atoms in total. The number of benzene rings is 1. The third-order valence-electron chi connectivity index (χ3n) is 5.25. The smallest absolute Gasteiger partial charge is 0.242 e. The number of rotatable bonds is 15. The van der Waals surface area contributed by atoms with E-state index in [4.69, 9.17) is 5.73 Å². The quantitative estimate of drug-likeness (QED) is 0.196. The molecule has 1 atom stereocenters. The Balaban J connectivity index is 2.45. The molecule has 0 fully saturated rings. The highest BCUT2D eigenvalue weighted by Crippen LogP contribution is 2.27. The third kappa shape index (κ3) is 8.90. The molecular formula is C22H37FN2O4S. The van der Waals surface area contributed by atoms with E-state index in [9.17, 15) is 22.7 Å². The van der Waals surface area contributed by atoms with Crippen LogP contribution in [0.15, 0.2) is 12.1 Å². The second-order valence-electron chi connectivity index (χ2n) is 7.83. The van der Waals surface area contributed by atoms with Crippen molar-refractivity contribution in [2.24, 2.45) is 0 Å². The monoisotopic (exact) mass is 444 g/mol. The van der Waals surface area contributed by atoms with Crippen molar-refractivity contribution < 1.29 is 22.7 Å². The molecule has 4 N–H and O–H groups in total. The van der Waals surface area contributed by atoms with E-state index in [0.29, 0.717) is 6.42 Å². The van der Waals surface area contributed by atoms with Crippen LogP contribution in [-0.4, -0.2) is 30.4 Å². The number of amides is 1. The molecule has 1 unspecified atom stereocenters. The van der Waals surface area contributed by atoms with Gasteiger partial charge in [0.1, 0.15) is 16.8 Å². The molecular weight excluding hydrogens is 407 g/mol. The van der Waals surface area contributed by atoms with Crippen molar-refractivity contribution in [3.8, 4) is 5.75 Å². The average molecular weight is 445 g/mol. The van der Waals surface area contributed by atoms with Crippen LogP contribution in [0.5, 0.6) is 5.75 Å². The summed E-state index contributed by atoms with van der Waals surface area (Å²) in [4.78, 5) is 12.5. The summed E-state index contributed by atoms with van der Waals surface area (Å²) < 4.78 is 39.2. The Morgan fingerprint density at radius 2 is 1.57 bits per heavy atom. The summed E-state index contributed by atoms with van der Waals surface area (Å²) in [5.41, 5.74) is 4.95. The van der Waals surface area contributed by atoms with Crippen LogP contribution < -0.4 is 11.1 Å². The fraction of sp³-hybridized carbons (Fsp3) is 0.682. The van der Waals surface area contributed by atoms with E-state index in [1.807, 2.05) is 0 Å².